The molecule has 0 bridgehead atoms. The van der Waals surface area contributed by atoms with Crippen LogP contribution in [0, 0.1) is 12.3 Å². The smallest absolute Gasteiger partial charge is 0.141 e. The number of terminal acetylenes is 1. The first kappa shape index (κ1) is 8.36. The van der Waals surface area contributed by atoms with E-state index in [0.717, 1.165) is 0 Å². The van der Waals surface area contributed by atoms with E-state index < -0.39 is 8.03 Å². The molecule has 0 amide bonds. The normalized spacial score (nSPS) is 9.89. The molecule has 9 heavy (non-hydrogen) atoms. The molecule has 3 heteroatoms. The summed E-state index contributed by atoms with van der Waals surface area (Å²) in [5.41, 5.74) is 0. The van der Waals surface area contributed by atoms with Crippen LogP contribution in [0.1, 0.15) is 0 Å². The van der Waals surface area contributed by atoms with Crippen molar-refractivity contribution in [2.75, 3.05) is 12.8 Å². The molecule has 0 aliphatic rings. The van der Waals surface area contributed by atoms with Gasteiger partial charge in [-0.05, 0) is 4.57 Å². The number of hydrogen-bond acceptors (Lipinski definition) is 2. The number of hydrogen-bond donors (Lipinski definition) is 0. The Morgan fingerprint density at radius 3 is 3.00 bits per heavy atom. The third-order valence-corrected chi connectivity index (χ3v) is 1.43. The van der Waals surface area contributed by atoms with E-state index in [9.17, 15) is 4.57 Å². The maximum atomic E-state index is 10.5. The minimum atomic E-state index is -1.64. The predicted octanol–water partition coefficient (Wildman–Crippen LogP) is 1.56. The summed E-state index contributed by atoms with van der Waals surface area (Å²) in [4.78, 5) is 0. The molecule has 0 saturated carbocycles. The van der Waals surface area contributed by atoms with Gasteiger partial charge in [0.1, 0.15) is 6.61 Å². The first-order valence-electron chi connectivity index (χ1n) is 2.43. The van der Waals surface area contributed by atoms with E-state index in [-0.39, 0.29) is 6.16 Å². The summed E-state index contributed by atoms with van der Waals surface area (Å²) in [6.45, 7) is 3.69. The minimum Gasteiger partial charge on any atom is -0.141 e. The second-order valence-electron chi connectivity index (χ2n) is 1.28. The highest BCUT2D eigenvalue weighted by molar-refractivity contribution is 7.39. The molecule has 0 aliphatic heterocycles. The summed E-state index contributed by atoms with van der Waals surface area (Å²) in [6.07, 6.45) is 6.58. The van der Waals surface area contributed by atoms with Gasteiger partial charge in [-0.15, -0.1) is 17.5 Å². The van der Waals surface area contributed by atoms with Gasteiger partial charge >= 0.3 is 8.03 Å². The molecule has 0 aromatic rings. The fourth-order valence-corrected chi connectivity index (χ4v) is 0.768. The Hall–Kier alpha value is -0.640. The zero-order valence-corrected chi connectivity index (χ0v) is 5.93. The van der Waals surface area contributed by atoms with E-state index in [1.807, 2.05) is 0 Å². The number of rotatable bonds is 4. The molecule has 0 aliphatic carbocycles. The summed E-state index contributed by atoms with van der Waals surface area (Å²) >= 11 is 0. The maximum Gasteiger partial charge on any atom is 0.521 e. The molecule has 0 aromatic heterocycles. The van der Waals surface area contributed by atoms with Crippen molar-refractivity contribution < 1.29 is 9.09 Å². The van der Waals surface area contributed by atoms with Crippen molar-refractivity contribution in [1.29, 1.82) is 0 Å². The van der Waals surface area contributed by atoms with Crippen LogP contribution in [0.2, 0.25) is 0 Å². The Bertz CT molecular complexity index is 146. The molecule has 0 radical (unpaired) electrons. The molecule has 0 aromatic carbocycles. The first-order valence-corrected chi connectivity index (χ1v) is 3.79. The highest BCUT2D eigenvalue weighted by atomic mass is 31.1. The molecule has 0 N–H and O–H groups in total. The summed E-state index contributed by atoms with van der Waals surface area (Å²) in [7, 11) is -1.64. The summed E-state index contributed by atoms with van der Waals surface area (Å²) < 4.78 is 15.2. The molecule has 48 valence electrons. The lowest BCUT2D eigenvalue weighted by Crippen LogP contribution is -1.80. The van der Waals surface area contributed by atoms with Gasteiger partial charge in [-0.2, -0.15) is 0 Å². The Kier molecular flexibility index (Phi) is 5.11. The molecule has 1 atom stereocenters. The lowest BCUT2D eigenvalue weighted by Gasteiger charge is -1.77. The molecular weight excluding hydrogens is 135 g/mol. The minimum absolute atomic E-state index is 0.184. The quantitative estimate of drug-likeness (QED) is 0.339. The fourth-order valence-electron chi connectivity index (χ4n) is 0.256. The van der Waals surface area contributed by atoms with Crippen molar-refractivity contribution in [3.63, 3.8) is 0 Å². The van der Waals surface area contributed by atoms with Gasteiger partial charge in [0.2, 0.25) is 6.16 Å². The second kappa shape index (κ2) is 5.50. The van der Waals surface area contributed by atoms with Gasteiger partial charge in [-0.3, -0.25) is 0 Å². The van der Waals surface area contributed by atoms with Crippen molar-refractivity contribution in [3.8, 4) is 12.3 Å². The van der Waals surface area contributed by atoms with Gasteiger partial charge in [0.05, 0.1) is 0 Å². The van der Waals surface area contributed by atoms with E-state index in [4.69, 9.17) is 6.42 Å². The average Bonchev–Trinajstić information content (AvgIpc) is 1.85. The van der Waals surface area contributed by atoms with E-state index >= 15 is 0 Å². The van der Waals surface area contributed by atoms with Crippen LogP contribution < -0.4 is 0 Å². The van der Waals surface area contributed by atoms with E-state index in [1.165, 1.54) is 6.08 Å². The van der Waals surface area contributed by atoms with Crippen LogP contribution in [-0.4, -0.2) is 12.8 Å². The van der Waals surface area contributed by atoms with Crippen molar-refractivity contribution in [2.45, 2.75) is 0 Å². The molecule has 0 heterocycles. The summed E-state index contributed by atoms with van der Waals surface area (Å²) in [6, 6.07) is 0. The zero-order valence-electron chi connectivity index (χ0n) is 5.04. The standard InChI is InChI=1S/C6H8O2P/c1-3-5-8-9(7)6-4-2/h2-3H,1,5-6H2/q+1. The lowest BCUT2D eigenvalue weighted by molar-refractivity contribution is 0.373. The fraction of sp³-hybridized carbons (Fsp3) is 0.333. The third-order valence-electron chi connectivity index (χ3n) is 0.557. The Morgan fingerprint density at radius 2 is 2.56 bits per heavy atom. The monoisotopic (exact) mass is 143 g/mol. The largest absolute Gasteiger partial charge is 0.521 e. The van der Waals surface area contributed by atoms with Crippen molar-refractivity contribution in [1.82, 2.24) is 0 Å². The van der Waals surface area contributed by atoms with Gasteiger partial charge in [-0.25, -0.2) is 0 Å². The molecule has 2 nitrogen and oxygen atoms in total. The molecule has 0 spiro atoms. The van der Waals surface area contributed by atoms with Crippen molar-refractivity contribution >= 4 is 8.03 Å². The molecular formula is C6H8O2P+. The Morgan fingerprint density at radius 1 is 1.89 bits per heavy atom. The summed E-state index contributed by atoms with van der Waals surface area (Å²) in [5.74, 6) is 2.23. The molecule has 0 saturated heterocycles. The maximum absolute atomic E-state index is 10.5. The topological polar surface area (TPSA) is 26.3 Å². The SMILES string of the molecule is C#CC[P+](=O)OCC=C. The van der Waals surface area contributed by atoms with Crippen LogP contribution in [0.4, 0.5) is 0 Å². The van der Waals surface area contributed by atoms with Crippen LogP contribution in [0.25, 0.3) is 0 Å². The lowest BCUT2D eigenvalue weighted by atomic mass is 10.7. The molecule has 0 fully saturated rings. The molecule has 0 rings (SSSR count). The first-order chi connectivity index (χ1) is 4.31. The van der Waals surface area contributed by atoms with Gasteiger partial charge < -0.3 is 0 Å². The highest BCUT2D eigenvalue weighted by Crippen LogP contribution is 2.19. The predicted molar refractivity (Wildman–Crippen MR) is 37.5 cm³/mol. The second-order valence-corrected chi connectivity index (χ2v) is 2.52. The van der Waals surface area contributed by atoms with Crippen molar-refractivity contribution in [2.24, 2.45) is 0 Å². The van der Waals surface area contributed by atoms with Crippen LogP contribution in [-0.2, 0) is 9.09 Å². The average molecular weight is 143 g/mol. The van der Waals surface area contributed by atoms with Crippen LogP contribution >= 0.6 is 8.03 Å². The van der Waals surface area contributed by atoms with Gasteiger partial charge in [0.25, 0.3) is 0 Å². The van der Waals surface area contributed by atoms with Crippen LogP contribution in [0.5, 0.6) is 0 Å². The van der Waals surface area contributed by atoms with Crippen LogP contribution in [0.3, 0.4) is 0 Å². The van der Waals surface area contributed by atoms with E-state index in [2.05, 4.69) is 17.0 Å². The van der Waals surface area contributed by atoms with E-state index in [0.29, 0.717) is 6.61 Å². The molecule has 1 unspecified atom stereocenters. The highest BCUT2D eigenvalue weighted by Gasteiger charge is 2.12. The van der Waals surface area contributed by atoms with Gasteiger partial charge in [0.15, 0.2) is 0 Å². The third kappa shape index (κ3) is 5.23. The Balaban J connectivity index is 3.29. The van der Waals surface area contributed by atoms with Gasteiger partial charge in [-0.1, -0.05) is 12.0 Å². The van der Waals surface area contributed by atoms with Crippen molar-refractivity contribution in [3.05, 3.63) is 12.7 Å². The van der Waals surface area contributed by atoms with Crippen LogP contribution in [0.15, 0.2) is 12.7 Å². The van der Waals surface area contributed by atoms with Gasteiger partial charge in [0, 0.05) is 0 Å². The Labute approximate surface area is 55.8 Å². The zero-order chi connectivity index (χ0) is 7.11. The van der Waals surface area contributed by atoms with E-state index in [1.54, 1.807) is 0 Å². The summed E-state index contributed by atoms with van der Waals surface area (Å²) in [5, 5.41) is 0.